The highest BCUT2D eigenvalue weighted by molar-refractivity contribution is 7.99. The molecule has 150 valence electrons. The van der Waals surface area contributed by atoms with Gasteiger partial charge in [0, 0.05) is 54.6 Å². The molecular weight excluding hydrogens is 394 g/mol. The van der Waals surface area contributed by atoms with Gasteiger partial charge in [-0.1, -0.05) is 31.2 Å². The first-order valence-electron chi connectivity index (χ1n) is 9.81. The fourth-order valence-electron chi connectivity index (χ4n) is 4.11. The second-order valence-electron chi connectivity index (χ2n) is 7.52. The predicted molar refractivity (Wildman–Crippen MR) is 112 cm³/mol. The maximum Gasteiger partial charge on any atom is 0.250 e. The lowest BCUT2D eigenvalue weighted by molar-refractivity contribution is -0.117. The lowest BCUT2D eigenvalue weighted by Gasteiger charge is -2.42. The molecule has 0 spiro atoms. The van der Waals surface area contributed by atoms with E-state index in [0.717, 1.165) is 55.5 Å². The Hall–Kier alpha value is -1.71. The molecule has 2 aliphatic rings. The third-order valence-corrected chi connectivity index (χ3v) is 6.99. The number of hydrogen-bond acceptors (Lipinski definition) is 7. The van der Waals surface area contributed by atoms with E-state index in [9.17, 15) is 9.59 Å². The maximum absolute atomic E-state index is 12.5. The molecule has 2 aromatic heterocycles. The first-order valence-corrected chi connectivity index (χ1v) is 11.6. The summed E-state index contributed by atoms with van der Waals surface area (Å²) in [6.07, 6.45) is 3.38. The highest BCUT2D eigenvalue weighted by atomic mass is 32.2. The van der Waals surface area contributed by atoms with E-state index in [-0.39, 0.29) is 11.5 Å². The summed E-state index contributed by atoms with van der Waals surface area (Å²) in [5.74, 6) is 1.69. The molecule has 4 rings (SSSR count). The third-order valence-electron chi connectivity index (χ3n) is 5.31. The number of pyridine rings is 1. The van der Waals surface area contributed by atoms with E-state index in [2.05, 4.69) is 26.5 Å². The van der Waals surface area contributed by atoms with Gasteiger partial charge in [0.25, 0.3) is 5.56 Å². The minimum Gasteiger partial charge on any atom is -0.312 e. The van der Waals surface area contributed by atoms with Crippen molar-refractivity contribution in [3.05, 3.63) is 34.2 Å². The van der Waals surface area contributed by atoms with Crippen LogP contribution < -0.4 is 10.9 Å². The zero-order valence-electron chi connectivity index (χ0n) is 16.0. The monoisotopic (exact) mass is 419 g/mol. The molecular formula is C19H25N5O2S2. The Bertz CT molecular complexity index is 896. The minimum absolute atomic E-state index is 0.0494. The zero-order chi connectivity index (χ0) is 19.5. The maximum atomic E-state index is 12.5. The Balaban J connectivity index is 1.33. The molecule has 1 fully saturated rings. The van der Waals surface area contributed by atoms with Crippen molar-refractivity contribution in [3.63, 3.8) is 0 Å². The van der Waals surface area contributed by atoms with Crippen LogP contribution in [-0.4, -0.2) is 50.1 Å². The normalized spacial score (nSPS) is 21.3. The number of aromatic nitrogens is 3. The molecule has 4 heterocycles. The summed E-state index contributed by atoms with van der Waals surface area (Å²) < 4.78 is 6.21. The number of amides is 1. The SMILES string of the molecule is CCCCSc1nsc(NC(=O)CN2CC3CC(C2)c2cccc(=O)n2C3)n1. The second-order valence-corrected chi connectivity index (χ2v) is 9.34. The first kappa shape index (κ1) is 19.6. The molecule has 2 unspecified atom stereocenters. The van der Waals surface area contributed by atoms with Gasteiger partial charge in [-0.05, 0) is 24.8 Å². The number of carbonyl (C=O) groups is 1. The number of nitrogens with zero attached hydrogens (tertiary/aromatic N) is 4. The van der Waals surface area contributed by atoms with Crippen LogP contribution in [0.4, 0.5) is 5.13 Å². The standard InChI is InChI=1S/C19H25N5O2S2/c1-2-3-7-27-19-21-18(28-22-19)20-16(25)12-23-9-13-8-14(11-23)15-5-4-6-17(26)24(15)10-13/h4-6,13-14H,2-3,7-12H2,1H3,(H,20,21,22,25). The van der Waals surface area contributed by atoms with Crippen molar-refractivity contribution >= 4 is 34.3 Å². The number of carbonyl (C=O) groups excluding carboxylic acids is 1. The molecule has 28 heavy (non-hydrogen) atoms. The highest BCUT2D eigenvalue weighted by Crippen LogP contribution is 2.34. The molecule has 2 atom stereocenters. The van der Waals surface area contributed by atoms with Gasteiger partial charge in [-0.3, -0.25) is 19.8 Å². The van der Waals surface area contributed by atoms with E-state index in [1.54, 1.807) is 17.8 Å². The molecule has 7 nitrogen and oxygen atoms in total. The summed E-state index contributed by atoms with van der Waals surface area (Å²) in [5.41, 5.74) is 1.19. The molecule has 2 bridgehead atoms. The number of piperidine rings is 1. The van der Waals surface area contributed by atoms with Gasteiger partial charge in [0.1, 0.15) is 0 Å². The number of rotatable bonds is 7. The Labute approximate surface area is 172 Å². The summed E-state index contributed by atoms with van der Waals surface area (Å²) >= 11 is 2.87. The van der Waals surface area contributed by atoms with Crippen molar-refractivity contribution in [2.24, 2.45) is 5.92 Å². The van der Waals surface area contributed by atoms with Crippen LogP contribution in [0.1, 0.15) is 37.8 Å². The second kappa shape index (κ2) is 8.75. The predicted octanol–water partition coefficient (Wildman–Crippen LogP) is 2.65. The van der Waals surface area contributed by atoms with Crippen molar-refractivity contribution < 1.29 is 4.79 Å². The van der Waals surface area contributed by atoms with Crippen LogP contribution in [0.25, 0.3) is 0 Å². The van der Waals surface area contributed by atoms with Crippen molar-refractivity contribution in [1.82, 2.24) is 18.8 Å². The highest BCUT2D eigenvalue weighted by Gasteiger charge is 2.34. The van der Waals surface area contributed by atoms with E-state index < -0.39 is 0 Å². The molecule has 0 radical (unpaired) electrons. The molecule has 1 N–H and O–H groups in total. The van der Waals surface area contributed by atoms with Gasteiger partial charge in [-0.2, -0.15) is 9.36 Å². The quantitative estimate of drug-likeness (QED) is 0.549. The van der Waals surface area contributed by atoms with Crippen LogP contribution >= 0.6 is 23.3 Å². The molecule has 0 saturated carbocycles. The fourth-order valence-corrected chi connectivity index (χ4v) is 5.76. The van der Waals surface area contributed by atoms with E-state index in [0.29, 0.717) is 23.5 Å². The molecule has 0 aromatic carbocycles. The van der Waals surface area contributed by atoms with E-state index in [1.165, 1.54) is 11.5 Å². The summed E-state index contributed by atoms with van der Waals surface area (Å²) in [5, 5.41) is 4.20. The van der Waals surface area contributed by atoms with E-state index in [1.807, 2.05) is 16.7 Å². The molecule has 1 amide bonds. The topological polar surface area (TPSA) is 80.1 Å². The smallest absolute Gasteiger partial charge is 0.250 e. The van der Waals surface area contributed by atoms with Crippen molar-refractivity contribution in [1.29, 1.82) is 0 Å². The lowest BCUT2D eigenvalue weighted by Crippen LogP contribution is -2.49. The fraction of sp³-hybridized carbons (Fsp3) is 0.579. The average Bonchev–Trinajstić information content (AvgIpc) is 3.10. The van der Waals surface area contributed by atoms with Crippen molar-refractivity contribution in [2.75, 3.05) is 30.7 Å². The number of unbranched alkanes of at least 4 members (excludes halogenated alkanes) is 1. The van der Waals surface area contributed by atoms with Crippen LogP contribution in [0.2, 0.25) is 0 Å². The summed E-state index contributed by atoms with van der Waals surface area (Å²) in [6, 6.07) is 5.52. The number of anilines is 1. The van der Waals surface area contributed by atoms with Crippen LogP contribution in [0.15, 0.2) is 28.2 Å². The van der Waals surface area contributed by atoms with Crippen LogP contribution in [0, 0.1) is 5.92 Å². The Morgan fingerprint density at radius 1 is 1.36 bits per heavy atom. The Morgan fingerprint density at radius 3 is 3.11 bits per heavy atom. The van der Waals surface area contributed by atoms with E-state index >= 15 is 0 Å². The first-order chi connectivity index (χ1) is 13.6. The number of thioether (sulfide) groups is 1. The van der Waals surface area contributed by atoms with Gasteiger partial charge in [0.05, 0.1) is 6.54 Å². The number of likely N-dealkylation sites (tertiary alicyclic amines) is 1. The molecule has 2 aliphatic heterocycles. The average molecular weight is 420 g/mol. The molecule has 0 aliphatic carbocycles. The van der Waals surface area contributed by atoms with Gasteiger partial charge >= 0.3 is 0 Å². The van der Waals surface area contributed by atoms with Crippen molar-refractivity contribution in [2.45, 2.75) is 43.8 Å². The largest absolute Gasteiger partial charge is 0.312 e. The van der Waals surface area contributed by atoms with Gasteiger partial charge in [-0.15, -0.1) is 0 Å². The van der Waals surface area contributed by atoms with Crippen LogP contribution in [0.3, 0.4) is 0 Å². The van der Waals surface area contributed by atoms with Crippen LogP contribution in [-0.2, 0) is 11.3 Å². The van der Waals surface area contributed by atoms with Gasteiger partial charge in [-0.25, -0.2) is 0 Å². The molecule has 2 aromatic rings. The Morgan fingerprint density at radius 2 is 2.25 bits per heavy atom. The summed E-state index contributed by atoms with van der Waals surface area (Å²) in [6.45, 7) is 4.91. The molecule has 9 heteroatoms. The Kier molecular flexibility index (Phi) is 6.13. The third kappa shape index (κ3) is 4.47. The molecule has 1 saturated heterocycles. The van der Waals surface area contributed by atoms with Gasteiger partial charge in [0.15, 0.2) is 0 Å². The number of nitrogens with one attached hydrogen (secondary N) is 1. The number of fused-ring (bicyclic) bond motifs is 4. The van der Waals surface area contributed by atoms with Crippen molar-refractivity contribution in [3.8, 4) is 0 Å². The summed E-state index contributed by atoms with van der Waals surface area (Å²) in [7, 11) is 0. The lowest BCUT2D eigenvalue weighted by atomic mass is 9.83. The van der Waals surface area contributed by atoms with Gasteiger partial charge < -0.3 is 4.57 Å². The van der Waals surface area contributed by atoms with E-state index in [4.69, 9.17) is 0 Å². The van der Waals surface area contributed by atoms with Crippen LogP contribution in [0.5, 0.6) is 0 Å². The number of hydrogen-bond donors (Lipinski definition) is 1. The zero-order valence-corrected chi connectivity index (χ0v) is 17.6. The van der Waals surface area contributed by atoms with Gasteiger partial charge in [0.2, 0.25) is 16.2 Å². The summed E-state index contributed by atoms with van der Waals surface area (Å²) in [4.78, 5) is 31.2. The minimum atomic E-state index is -0.0494.